The summed E-state index contributed by atoms with van der Waals surface area (Å²) in [6.07, 6.45) is 5.82. The number of ether oxygens (including phenoxy) is 1. The summed E-state index contributed by atoms with van der Waals surface area (Å²) < 4.78 is 5.45. The first-order valence-electron chi connectivity index (χ1n) is 14.7. The molecular formula is C31H47N3O7. The molecule has 41 heavy (non-hydrogen) atoms. The van der Waals surface area contributed by atoms with E-state index in [9.17, 15) is 28.8 Å². The monoisotopic (exact) mass is 573 g/mol. The van der Waals surface area contributed by atoms with Crippen LogP contribution in [0.3, 0.4) is 0 Å². The maximum Gasteiger partial charge on any atom is 0.233 e. The Morgan fingerprint density at radius 3 is 2.15 bits per heavy atom. The fourth-order valence-corrected chi connectivity index (χ4v) is 4.32. The van der Waals surface area contributed by atoms with Gasteiger partial charge in [0.05, 0.1) is 13.0 Å². The van der Waals surface area contributed by atoms with Crippen LogP contribution in [0.1, 0.15) is 90.5 Å². The van der Waals surface area contributed by atoms with E-state index < -0.39 is 11.8 Å². The largest absolute Gasteiger partial charge is 0.380 e. The van der Waals surface area contributed by atoms with Gasteiger partial charge in [0.15, 0.2) is 0 Å². The summed E-state index contributed by atoms with van der Waals surface area (Å²) in [5.74, 6) is -0.792. The number of amides is 3. The van der Waals surface area contributed by atoms with Crippen LogP contribution in [0, 0.1) is 5.92 Å². The number of rotatable bonds is 23. The van der Waals surface area contributed by atoms with Crippen LogP contribution in [0.15, 0.2) is 24.3 Å². The van der Waals surface area contributed by atoms with Gasteiger partial charge in [-0.1, -0.05) is 38.8 Å². The van der Waals surface area contributed by atoms with E-state index in [1.54, 1.807) is 24.3 Å². The second-order valence-corrected chi connectivity index (χ2v) is 10.2. The Bertz CT molecular complexity index is 992. The SMILES string of the molecule is CCCC(CCCCNC(=O)CCCOCCNC(=O)CC(=O)Nc1ccc(CC(=O)CC(C)=O)cc1)C(=O)CC. The lowest BCUT2D eigenvalue weighted by molar-refractivity contribution is -0.128. The Morgan fingerprint density at radius 1 is 0.780 bits per heavy atom. The van der Waals surface area contributed by atoms with E-state index in [2.05, 4.69) is 22.9 Å². The Morgan fingerprint density at radius 2 is 1.49 bits per heavy atom. The van der Waals surface area contributed by atoms with Crippen LogP contribution in [0.4, 0.5) is 5.69 Å². The predicted molar refractivity (Wildman–Crippen MR) is 157 cm³/mol. The normalized spacial score (nSPS) is 11.4. The number of hydrogen-bond donors (Lipinski definition) is 3. The summed E-state index contributed by atoms with van der Waals surface area (Å²) in [6.45, 7) is 6.88. The minimum absolute atomic E-state index is 0.0289. The second-order valence-electron chi connectivity index (χ2n) is 10.2. The van der Waals surface area contributed by atoms with Gasteiger partial charge in [-0.2, -0.15) is 0 Å². The Hall–Kier alpha value is -3.40. The molecular weight excluding hydrogens is 526 g/mol. The maximum absolute atomic E-state index is 12.1. The minimum atomic E-state index is -0.468. The van der Waals surface area contributed by atoms with Gasteiger partial charge < -0.3 is 20.7 Å². The average Bonchev–Trinajstić information content (AvgIpc) is 2.91. The van der Waals surface area contributed by atoms with Gasteiger partial charge in [0.2, 0.25) is 17.7 Å². The van der Waals surface area contributed by atoms with Crippen LogP contribution >= 0.6 is 0 Å². The van der Waals surface area contributed by atoms with Crippen molar-refractivity contribution in [3.8, 4) is 0 Å². The summed E-state index contributed by atoms with van der Waals surface area (Å²) in [4.78, 5) is 70.7. The third-order valence-electron chi connectivity index (χ3n) is 6.41. The smallest absolute Gasteiger partial charge is 0.233 e. The van der Waals surface area contributed by atoms with Gasteiger partial charge >= 0.3 is 0 Å². The molecule has 0 aliphatic rings. The lowest BCUT2D eigenvalue weighted by Gasteiger charge is -2.14. The number of carbonyl (C=O) groups excluding carboxylic acids is 6. The molecule has 0 radical (unpaired) electrons. The molecule has 0 spiro atoms. The summed E-state index contributed by atoms with van der Waals surface area (Å²) in [6, 6.07) is 6.66. The lowest BCUT2D eigenvalue weighted by atomic mass is 9.91. The summed E-state index contributed by atoms with van der Waals surface area (Å²) in [7, 11) is 0. The molecule has 1 aromatic carbocycles. The van der Waals surface area contributed by atoms with Crippen molar-refractivity contribution >= 4 is 40.8 Å². The lowest BCUT2D eigenvalue weighted by Crippen LogP contribution is -2.31. The van der Waals surface area contributed by atoms with Crippen LogP contribution in [0.25, 0.3) is 0 Å². The zero-order chi connectivity index (χ0) is 30.5. The van der Waals surface area contributed by atoms with E-state index >= 15 is 0 Å². The van der Waals surface area contributed by atoms with Crippen molar-refractivity contribution in [3.63, 3.8) is 0 Å². The van der Waals surface area contributed by atoms with Crippen molar-refractivity contribution in [3.05, 3.63) is 29.8 Å². The van der Waals surface area contributed by atoms with Crippen LogP contribution in [-0.4, -0.2) is 61.4 Å². The zero-order valence-electron chi connectivity index (χ0n) is 24.9. The molecule has 0 aliphatic heterocycles. The standard InChI is InChI=1S/C31H47N3O7/c1-4-9-25(28(37)5-2)10-6-7-16-32-29(38)11-8-18-41-19-17-33-30(39)22-31(40)34-26-14-12-24(13-15-26)21-27(36)20-23(3)35/h12-15,25H,4-11,16-22H2,1-3H3,(H,32,38)(H,33,39)(H,34,40). The summed E-state index contributed by atoms with van der Waals surface area (Å²) in [5.41, 5.74) is 1.24. The first-order chi connectivity index (χ1) is 19.6. The molecule has 10 heteroatoms. The molecule has 1 aromatic rings. The van der Waals surface area contributed by atoms with Crippen molar-refractivity contribution in [1.29, 1.82) is 0 Å². The van der Waals surface area contributed by atoms with Crippen LogP contribution in [0.5, 0.6) is 0 Å². The topological polar surface area (TPSA) is 148 Å². The van der Waals surface area contributed by atoms with Gasteiger partial charge in [0.25, 0.3) is 0 Å². The van der Waals surface area contributed by atoms with Gasteiger partial charge in [-0.3, -0.25) is 28.8 Å². The molecule has 3 amide bonds. The van der Waals surface area contributed by atoms with Crippen LogP contribution < -0.4 is 16.0 Å². The van der Waals surface area contributed by atoms with Gasteiger partial charge in [-0.05, 0) is 50.3 Å². The second kappa shape index (κ2) is 21.4. The molecule has 0 saturated carbocycles. The molecule has 0 aromatic heterocycles. The number of benzene rings is 1. The first-order valence-corrected chi connectivity index (χ1v) is 14.7. The average molecular weight is 574 g/mol. The highest BCUT2D eigenvalue weighted by atomic mass is 16.5. The zero-order valence-corrected chi connectivity index (χ0v) is 24.9. The van der Waals surface area contributed by atoms with E-state index in [0.717, 1.165) is 37.7 Å². The van der Waals surface area contributed by atoms with Crippen molar-refractivity contribution in [2.45, 2.75) is 91.4 Å². The number of Topliss-reactive ketones (excluding diaryl/α,β-unsaturated/α-hetero) is 3. The molecule has 228 valence electrons. The van der Waals surface area contributed by atoms with Crippen molar-refractivity contribution in [2.24, 2.45) is 5.92 Å². The summed E-state index contributed by atoms with van der Waals surface area (Å²) in [5, 5.41) is 8.15. The van der Waals surface area contributed by atoms with Crippen molar-refractivity contribution in [2.75, 3.05) is 31.6 Å². The molecule has 1 rings (SSSR count). The fourth-order valence-electron chi connectivity index (χ4n) is 4.32. The molecule has 0 heterocycles. The molecule has 10 nitrogen and oxygen atoms in total. The van der Waals surface area contributed by atoms with Crippen molar-refractivity contribution < 1.29 is 33.5 Å². The number of ketones is 3. The molecule has 0 bridgehead atoms. The van der Waals surface area contributed by atoms with Gasteiger partial charge in [-0.15, -0.1) is 0 Å². The Kier molecular flexibility index (Phi) is 18.6. The van der Waals surface area contributed by atoms with Crippen molar-refractivity contribution in [1.82, 2.24) is 10.6 Å². The van der Waals surface area contributed by atoms with E-state index in [1.807, 2.05) is 6.92 Å². The van der Waals surface area contributed by atoms with Crippen LogP contribution in [-0.2, 0) is 39.9 Å². The molecule has 3 N–H and O–H groups in total. The number of hydrogen-bond acceptors (Lipinski definition) is 7. The van der Waals surface area contributed by atoms with E-state index in [-0.39, 0.29) is 55.8 Å². The van der Waals surface area contributed by atoms with Gasteiger partial charge in [0.1, 0.15) is 23.8 Å². The number of carbonyl (C=O) groups is 6. The van der Waals surface area contributed by atoms with E-state index in [1.165, 1.54) is 6.92 Å². The third-order valence-corrected chi connectivity index (χ3v) is 6.41. The molecule has 1 atom stereocenters. The van der Waals surface area contributed by atoms with Gasteiger partial charge in [0, 0.05) is 50.6 Å². The first kappa shape index (κ1) is 35.6. The minimum Gasteiger partial charge on any atom is -0.380 e. The third kappa shape index (κ3) is 17.8. The quantitative estimate of drug-likeness (QED) is 0.134. The number of nitrogens with one attached hydrogen (secondary N) is 3. The molecule has 0 aliphatic carbocycles. The maximum atomic E-state index is 12.1. The molecule has 0 fully saturated rings. The number of anilines is 1. The predicted octanol–water partition coefficient (Wildman–Crippen LogP) is 3.70. The van der Waals surface area contributed by atoms with E-state index in [4.69, 9.17) is 4.74 Å². The Balaban J connectivity index is 2.08. The van der Waals surface area contributed by atoms with Crippen LogP contribution in [0.2, 0.25) is 0 Å². The highest BCUT2D eigenvalue weighted by Gasteiger charge is 2.15. The van der Waals surface area contributed by atoms with E-state index in [0.29, 0.717) is 43.9 Å². The summed E-state index contributed by atoms with van der Waals surface area (Å²) >= 11 is 0. The number of unbranched alkanes of at least 4 members (excludes halogenated alkanes) is 1. The molecule has 0 saturated heterocycles. The van der Waals surface area contributed by atoms with Gasteiger partial charge in [-0.25, -0.2) is 0 Å². The molecule has 1 unspecified atom stereocenters. The highest BCUT2D eigenvalue weighted by Crippen LogP contribution is 2.17. The fraction of sp³-hybridized carbons (Fsp3) is 0.613. The Labute approximate surface area is 243 Å². The highest BCUT2D eigenvalue weighted by molar-refractivity contribution is 6.03.